The molecule has 0 saturated heterocycles. The maximum Gasteiger partial charge on any atom is 0.150 e. The Morgan fingerprint density at radius 3 is 2.44 bits per heavy atom. The molecule has 0 radical (unpaired) electrons. The van der Waals surface area contributed by atoms with E-state index in [0.717, 1.165) is 60.0 Å². The number of ether oxygens (including phenoxy) is 2. The monoisotopic (exact) mass is 362 g/mol. The van der Waals surface area contributed by atoms with Crippen LogP contribution in [-0.2, 0) is 0 Å². The summed E-state index contributed by atoms with van der Waals surface area (Å²) in [6.45, 7) is 5.02. The molecule has 140 valence electrons. The average Bonchev–Trinajstić information content (AvgIpc) is 2.72. The molecule has 3 nitrogen and oxygen atoms in total. The molecule has 0 bridgehead atoms. The maximum absolute atomic E-state index is 11.2. The lowest BCUT2D eigenvalue weighted by atomic mass is 10.0. The molecule has 0 spiro atoms. The van der Waals surface area contributed by atoms with Crippen LogP contribution in [0.25, 0.3) is 10.8 Å². The zero-order valence-electron chi connectivity index (χ0n) is 16.0. The van der Waals surface area contributed by atoms with Gasteiger partial charge in [-0.05, 0) is 59.5 Å². The van der Waals surface area contributed by atoms with Crippen LogP contribution in [0.2, 0.25) is 0 Å². The van der Waals surface area contributed by atoms with Crippen LogP contribution in [0.1, 0.15) is 55.1 Å². The molecule has 0 heterocycles. The number of fused-ring (bicyclic) bond motifs is 1. The van der Waals surface area contributed by atoms with Crippen LogP contribution in [0.3, 0.4) is 0 Å². The maximum atomic E-state index is 11.2. The summed E-state index contributed by atoms with van der Waals surface area (Å²) in [5.74, 6) is 1.70. The van der Waals surface area contributed by atoms with Crippen molar-refractivity contribution < 1.29 is 14.3 Å². The summed E-state index contributed by atoms with van der Waals surface area (Å²) in [6.07, 6.45) is 3.92. The molecular weight excluding hydrogens is 336 g/mol. The normalized spacial score (nSPS) is 11.9. The minimum atomic E-state index is -0.0265. The number of carbonyl (C=O) groups is 1. The number of rotatable bonds is 9. The first kappa shape index (κ1) is 19.0. The Kier molecular flexibility index (Phi) is 6.48. The summed E-state index contributed by atoms with van der Waals surface area (Å²) in [6, 6.07) is 19.8. The van der Waals surface area contributed by atoms with Gasteiger partial charge >= 0.3 is 0 Å². The smallest absolute Gasteiger partial charge is 0.150 e. The van der Waals surface area contributed by atoms with Gasteiger partial charge in [-0.3, -0.25) is 4.79 Å². The van der Waals surface area contributed by atoms with E-state index >= 15 is 0 Å². The summed E-state index contributed by atoms with van der Waals surface area (Å²) in [4.78, 5) is 11.2. The van der Waals surface area contributed by atoms with Crippen molar-refractivity contribution in [1.82, 2.24) is 0 Å². The number of hydrogen-bond donors (Lipinski definition) is 0. The molecule has 0 saturated carbocycles. The molecule has 0 amide bonds. The molecule has 0 aliphatic rings. The van der Waals surface area contributed by atoms with Crippen molar-refractivity contribution in [3.8, 4) is 11.5 Å². The molecule has 27 heavy (non-hydrogen) atoms. The molecule has 0 N–H and O–H groups in total. The Balaban J connectivity index is 1.74. The second-order valence-electron chi connectivity index (χ2n) is 6.63. The molecule has 0 fully saturated rings. The number of carbonyl (C=O) groups excluding carboxylic acids is 1. The minimum absolute atomic E-state index is 0.0265. The number of unbranched alkanes of at least 4 members (excludes halogenated alkanes) is 1. The SMILES string of the molecule is CCCCOc1ccc(C(CC)Oc2ccc3c(C=O)cccc3c2)cc1. The van der Waals surface area contributed by atoms with E-state index < -0.39 is 0 Å². The second-order valence-corrected chi connectivity index (χ2v) is 6.63. The molecule has 3 rings (SSSR count). The lowest BCUT2D eigenvalue weighted by molar-refractivity contribution is 0.112. The Hall–Kier alpha value is -2.81. The van der Waals surface area contributed by atoms with Crippen LogP contribution >= 0.6 is 0 Å². The minimum Gasteiger partial charge on any atom is -0.494 e. The zero-order valence-corrected chi connectivity index (χ0v) is 16.0. The average molecular weight is 362 g/mol. The van der Waals surface area contributed by atoms with Crippen LogP contribution in [0.15, 0.2) is 60.7 Å². The largest absolute Gasteiger partial charge is 0.494 e. The van der Waals surface area contributed by atoms with Crippen molar-refractivity contribution in [1.29, 1.82) is 0 Å². The van der Waals surface area contributed by atoms with E-state index in [4.69, 9.17) is 9.47 Å². The third-order valence-electron chi connectivity index (χ3n) is 4.68. The second kappa shape index (κ2) is 9.22. The van der Waals surface area contributed by atoms with Crippen molar-refractivity contribution in [2.75, 3.05) is 6.61 Å². The molecule has 3 heteroatoms. The lowest BCUT2D eigenvalue weighted by Crippen LogP contribution is -2.06. The van der Waals surface area contributed by atoms with Gasteiger partial charge in [0.25, 0.3) is 0 Å². The first-order valence-electron chi connectivity index (χ1n) is 9.62. The highest BCUT2D eigenvalue weighted by molar-refractivity contribution is 5.98. The highest BCUT2D eigenvalue weighted by Crippen LogP contribution is 2.29. The first-order valence-corrected chi connectivity index (χ1v) is 9.62. The van der Waals surface area contributed by atoms with Gasteiger partial charge < -0.3 is 9.47 Å². The van der Waals surface area contributed by atoms with Gasteiger partial charge in [0.15, 0.2) is 6.29 Å². The molecule has 1 atom stereocenters. The predicted octanol–water partition coefficient (Wildman–Crippen LogP) is 6.36. The van der Waals surface area contributed by atoms with Crippen LogP contribution in [0, 0.1) is 0 Å². The van der Waals surface area contributed by atoms with E-state index in [9.17, 15) is 4.79 Å². The first-order chi connectivity index (χ1) is 13.2. The Bertz CT molecular complexity index is 884. The van der Waals surface area contributed by atoms with E-state index in [1.54, 1.807) is 0 Å². The standard InChI is InChI=1S/C24H26O3/c1-3-5-15-26-21-11-9-18(10-12-21)24(4-2)27-22-13-14-23-19(16-22)7-6-8-20(23)17-25/h6-14,16-17,24H,3-5,15H2,1-2H3. The van der Waals surface area contributed by atoms with Crippen molar-refractivity contribution in [3.05, 3.63) is 71.8 Å². The van der Waals surface area contributed by atoms with E-state index in [0.29, 0.717) is 5.56 Å². The topological polar surface area (TPSA) is 35.5 Å². The van der Waals surface area contributed by atoms with Gasteiger partial charge in [-0.25, -0.2) is 0 Å². The van der Waals surface area contributed by atoms with E-state index in [2.05, 4.69) is 26.0 Å². The van der Waals surface area contributed by atoms with Crippen molar-refractivity contribution >= 4 is 17.1 Å². The Labute approximate surface area is 160 Å². The summed E-state index contributed by atoms with van der Waals surface area (Å²) in [7, 11) is 0. The highest BCUT2D eigenvalue weighted by atomic mass is 16.5. The lowest BCUT2D eigenvalue weighted by Gasteiger charge is -2.19. The van der Waals surface area contributed by atoms with Gasteiger partial charge in [0, 0.05) is 5.56 Å². The predicted molar refractivity (Wildman–Crippen MR) is 110 cm³/mol. The number of aldehydes is 1. The molecule has 0 aromatic heterocycles. The van der Waals surface area contributed by atoms with Crippen molar-refractivity contribution in [3.63, 3.8) is 0 Å². The quantitative estimate of drug-likeness (QED) is 0.328. The summed E-state index contributed by atoms with van der Waals surface area (Å²) < 4.78 is 12.0. The molecule has 3 aromatic carbocycles. The third-order valence-corrected chi connectivity index (χ3v) is 4.68. The van der Waals surface area contributed by atoms with Crippen LogP contribution in [0.5, 0.6) is 11.5 Å². The van der Waals surface area contributed by atoms with Gasteiger partial charge in [0.05, 0.1) is 6.61 Å². The van der Waals surface area contributed by atoms with Gasteiger partial charge in [-0.2, -0.15) is 0 Å². The molecule has 0 aliphatic carbocycles. The molecule has 0 aliphatic heterocycles. The molecule has 3 aromatic rings. The molecular formula is C24H26O3. The summed E-state index contributed by atoms with van der Waals surface area (Å²) >= 11 is 0. The van der Waals surface area contributed by atoms with Crippen LogP contribution < -0.4 is 9.47 Å². The van der Waals surface area contributed by atoms with Gasteiger partial charge in [0.2, 0.25) is 0 Å². The summed E-state index contributed by atoms with van der Waals surface area (Å²) in [5.41, 5.74) is 1.83. The van der Waals surface area contributed by atoms with Crippen molar-refractivity contribution in [2.45, 2.75) is 39.2 Å². The Morgan fingerprint density at radius 1 is 0.963 bits per heavy atom. The zero-order chi connectivity index (χ0) is 19.1. The van der Waals surface area contributed by atoms with Crippen LogP contribution in [0.4, 0.5) is 0 Å². The fraction of sp³-hybridized carbons (Fsp3) is 0.292. The summed E-state index contributed by atoms with van der Waals surface area (Å²) in [5, 5.41) is 1.95. The van der Waals surface area contributed by atoms with E-state index in [1.165, 1.54) is 0 Å². The van der Waals surface area contributed by atoms with E-state index in [1.807, 2.05) is 48.5 Å². The van der Waals surface area contributed by atoms with Crippen LogP contribution in [-0.4, -0.2) is 12.9 Å². The van der Waals surface area contributed by atoms with E-state index in [-0.39, 0.29) is 6.10 Å². The van der Waals surface area contributed by atoms with Gasteiger partial charge in [-0.15, -0.1) is 0 Å². The number of benzene rings is 3. The third kappa shape index (κ3) is 4.68. The molecule has 1 unspecified atom stereocenters. The Morgan fingerprint density at radius 2 is 1.74 bits per heavy atom. The fourth-order valence-electron chi connectivity index (χ4n) is 3.13. The number of hydrogen-bond acceptors (Lipinski definition) is 3. The highest BCUT2D eigenvalue weighted by Gasteiger charge is 2.12. The van der Waals surface area contributed by atoms with Gasteiger partial charge in [-0.1, -0.05) is 50.6 Å². The van der Waals surface area contributed by atoms with Gasteiger partial charge in [0.1, 0.15) is 17.6 Å². The fourth-order valence-corrected chi connectivity index (χ4v) is 3.13. The van der Waals surface area contributed by atoms with Crippen molar-refractivity contribution in [2.24, 2.45) is 0 Å².